The zero-order valence-electron chi connectivity index (χ0n) is 15.7. The topological polar surface area (TPSA) is 116 Å². The van der Waals surface area contributed by atoms with Crippen LogP contribution in [0.15, 0.2) is 59.5 Å². The van der Waals surface area contributed by atoms with Crippen LogP contribution in [-0.4, -0.2) is 49.3 Å². The van der Waals surface area contributed by atoms with Gasteiger partial charge in [-0.15, -0.1) is 0 Å². The van der Waals surface area contributed by atoms with E-state index in [9.17, 15) is 23.1 Å². The summed E-state index contributed by atoms with van der Waals surface area (Å²) in [5.41, 5.74) is 0.500. The van der Waals surface area contributed by atoms with Gasteiger partial charge in [0.2, 0.25) is 21.8 Å². The zero-order chi connectivity index (χ0) is 20.9. The maximum atomic E-state index is 12.8. The van der Waals surface area contributed by atoms with Gasteiger partial charge in [0.15, 0.2) is 0 Å². The lowest BCUT2D eigenvalue weighted by Crippen LogP contribution is -2.46. The van der Waals surface area contributed by atoms with Gasteiger partial charge in [0, 0.05) is 18.8 Å². The Kier molecular flexibility index (Phi) is 6.50. The summed E-state index contributed by atoms with van der Waals surface area (Å²) >= 11 is 0. The molecule has 1 heterocycles. The van der Waals surface area contributed by atoms with Crippen molar-refractivity contribution in [2.45, 2.75) is 17.7 Å². The maximum Gasteiger partial charge on any atom is 0.243 e. The molecule has 3 N–H and O–H groups in total. The fraction of sp³-hybridized carbons (Fsp3) is 0.300. The van der Waals surface area contributed by atoms with E-state index in [0.29, 0.717) is 25.1 Å². The van der Waals surface area contributed by atoms with E-state index in [-0.39, 0.29) is 29.6 Å². The highest BCUT2D eigenvalue weighted by Crippen LogP contribution is 2.23. The average molecular weight is 417 g/mol. The summed E-state index contributed by atoms with van der Waals surface area (Å²) in [5, 5.41) is 14.4. The molecule has 1 atom stereocenters. The van der Waals surface area contributed by atoms with Gasteiger partial charge in [0.05, 0.1) is 17.4 Å². The zero-order valence-corrected chi connectivity index (χ0v) is 16.6. The third-order valence-corrected chi connectivity index (χ3v) is 6.59. The smallest absolute Gasteiger partial charge is 0.243 e. The van der Waals surface area contributed by atoms with E-state index in [1.807, 2.05) is 0 Å². The van der Waals surface area contributed by atoms with Gasteiger partial charge in [-0.3, -0.25) is 9.59 Å². The summed E-state index contributed by atoms with van der Waals surface area (Å²) in [4.78, 5) is 24.7. The molecule has 0 saturated carbocycles. The Morgan fingerprint density at radius 1 is 1.07 bits per heavy atom. The lowest BCUT2D eigenvalue weighted by Gasteiger charge is -2.31. The van der Waals surface area contributed by atoms with Gasteiger partial charge in [-0.1, -0.05) is 18.2 Å². The number of hydrogen-bond acceptors (Lipinski definition) is 5. The monoisotopic (exact) mass is 417 g/mol. The van der Waals surface area contributed by atoms with Crippen molar-refractivity contribution in [2.24, 2.45) is 5.92 Å². The van der Waals surface area contributed by atoms with Crippen LogP contribution in [0.1, 0.15) is 12.8 Å². The molecule has 1 aliphatic rings. The van der Waals surface area contributed by atoms with Crippen LogP contribution in [0, 0.1) is 5.92 Å². The molecular weight excluding hydrogens is 394 g/mol. The standard InChI is InChI=1S/C20H23N3O5S/c24-17-10-8-16(9-11-17)22-19(25)13-21-20(26)15-5-4-12-23(14-15)29(27,28)18-6-2-1-3-7-18/h1-3,6-11,15,24H,4-5,12-14H2,(H,21,26)(H,22,25)/t15-/m0/s1. The van der Waals surface area contributed by atoms with E-state index in [4.69, 9.17) is 0 Å². The number of phenolic OH excluding ortho intramolecular Hbond substituents is 1. The van der Waals surface area contributed by atoms with Crippen molar-refractivity contribution in [3.63, 3.8) is 0 Å². The second-order valence-electron chi connectivity index (χ2n) is 6.83. The highest BCUT2D eigenvalue weighted by molar-refractivity contribution is 7.89. The number of piperidine rings is 1. The SMILES string of the molecule is O=C(CNC(=O)[C@H]1CCCN(S(=O)(=O)c2ccccc2)C1)Nc1ccc(O)cc1. The Morgan fingerprint density at radius 3 is 2.45 bits per heavy atom. The van der Waals surface area contributed by atoms with Crippen molar-refractivity contribution in [3.05, 3.63) is 54.6 Å². The molecule has 1 fully saturated rings. The van der Waals surface area contributed by atoms with Crippen LogP contribution < -0.4 is 10.6 Å². The normalized spacial score (nSPS) is 17.4. The summed E-state index contributed by atoms with van der Waals surface area (Å²) in [5.74, 6) is -1.18. The van der Waals surface area contributed by atoms with Gasteiger partial charge in [0.25, 0.3) is 0 Å². The van der Waals surface area contributed by atoms with E-state index in [1.165, 1.54) is 28.6 Å². The fourth-order valence-electron chi connectivity index (χ4n) is 3.18. The molecule has 29 heavy (non-hydrogen) atoms. The number of benzene rings is 2. The lowest BCUT2D eigenvalue weighted by molar-refractivity contribution is -0.128. The molecule has 0 spiro atoms. The second-order valence-corrected chi connectivity index (χ2v) is 8.77. The number of hydrogen-bond donors (Lipinski definition) is 3. The quantitative estimate of drug-likeness (QED) is 0.617. The van der Waals surface area contributed by atoms with Gasteiger partial charge in [-0.25, -0.2) is 8.42 Å². The number of nitrogens with one attached hydrogen (secondary N) is 2. The summed E-state index contributed by atoms with van der Waals surface area (Å²) in [7, 11) is -3.65. The highest BCUT2D eigenvalue weighted by atomic mass is 32.2. The largest absolute Gasteiger partial charge is 0.508 e. The van der Waals surface area contributed by atoms with Crippen LogP contribution in [0.4, 0.5) is 5.69 Å². The molecule has 2 aromatic rings. The maximum absolute atomic E-state index is 12.8. The minimum Gasteiger partial charge on any atom is -0.508 e. The summed E-state index contributed by atoms with van der Waals surface area (Å²) in [6.45, 7) is 0.229. The molecule has 0 aliphatic carbocycles. The number of amides is 2. The molecule has 3 rings (SSSR count). The third-order valence-electron chi connectivity index (χ3n) is 4.71. The second kappa shape index (κ2) is 9.06. The number of carbonyl (C=O) groups excluding carboxylic acids is 2. The van der Waals surface area contributed by atoms with Gasteiger partial charge in [-0.2, -0.15) is 4.31 Å². The first-order valence-electron chi connectivity index (χ1n) is 9.28. The van der Waals surface area contributed by atoms with Crippen molar-refractivity contribution in [1.29, 1.82) is 0 Å². The molecule has 9 heteroatoms. The van der Waals surface area contributed by atoms with Crippen molar-refractivity contribution >= 4 is 27.5 Å². The molecule has 8 nitrogen and oxygen atoms in total. The van der Waals surface area contributed by atoms with Crippen LogP contribution in [0.3, 0.4) is 0 Å². The third kappa shape index (κ3) is 5.33. The predicted octanol–water partition coefficient (Wildman–Crippen LogP) is 1.55. The van der Waals surface area contributed by atoms with Gasteiger partial charge in [0.1, 0.15) is 5.75 Å². The lowest BCUT2D eigenvalue weighted by atomic mass is 9.99. The van der Waals surface area contributed by atoms with Gasteiger partial charge in [-0.05, 0) is 49.2 Å². The molecule has 0 unspecified atom stereocenters. The number of anilines is 1. The molecule has 1 saturated heterocycles. The number of aromatic hydroxyl groups is 1. The van der Waals surface area contributed by atoms with E-state index in [1.54, 1.807) is 30.3 Å². The number of phenols is 1. The molecule has 154 valence electrons. The number of carbonyl (C=O) groups is 2. The minimum absolute atomic E-state index is 0.0860. The Bertz CT molecular complexity index is 961. The van der Waals surface area contributed by atoms with Crippen molar-refractivity contribution in [1.82, 2.24) is 9.62 Å². The van der Waals surface area contributed by atoms with Gasteiger partial charge < -0.3 is 15.7 Å². The van der Waals surface area contributed by atoms with E-state index < -0.39 is 21.8 Å². The number of rotatable bonds is 6. The minimum atomic E-state index is -3.65. The summed E-state index contributed by atoms with van der Waals surface area (Å²) in [6, 6.07) is 14.1. The Hall–Kier alpha value is -2.91. The fourth-order valence-corrected chi connectivity index (χ4v) is 4.72. The molecule has 0 aromatic heterocycles. The van der Waals surface area contributed by atoms with Crippen molar-refractivity contribution in [2.75, 3.05) is 25.0 Å². The van der Waals surface area contributed by atoms with Crippen LogP contribution in [-0.2, 0) is 19.6 Å². The van der Waals surface area contributed by atoms with Gasteiger partial charge >= 0.3 is 0 Å². The van der Waals surface area contributed by atoms with E-state index in [0.717, 1.165) is 0 Å². The molecule has 1 aliphatic heterocycles. The molecule has 0 radical (unpaired) electrons. The van der Waals surface area contributed by atoms with E-state index in [2.05, 4.69) is 10.6 Å². The van der Waals surface area contributed by atoms with Crippen LogP contribution >= 0.6 is 0 Å². The number of sulfonamides is 1. The number of nitrogens with zero attached hydrogens (tertiary/aromatic N) is 1. The Labute approximate surface area is 169 Å². The first-order valence-corrected chi connectivity index (χ1v) is 10.7. The average Bonchev–Trinajstić information content (AvgIpc) is 2.74. The summed E-state index contributed by atoms with van der Waals surface area (Å²) in [6.07, 6.45) is 1.13. The van der Waals surface area contributed by atoms with Crippen molar-refractivity contribution < 1.29 is 23.1 Å². The van der Waals surface area contributed by atoms with Crippen molar-refractivity contribution in [3.8, 4) is 5.75 Å². The summed E-state index contributed by atoms with van der Waals surface area (Å²) < 4.78 is 26.8. The highest BCUT2D eigenvalue weighted by Gasteiger charge is 2.33. The molecule has 0 bridgehead atoms. The first-order chi connectivity index (χ1) is 13.9. The molecule has 2 aromatic carbocycles. The van der Waals surface area contributed by atoms with Crippen LogP contribution in [0.2, 0.25) is 0 Å². The van der Waals surface area contributed by atoms with Crippen LogP contribution in [0.5, 0.6) is 5.75 Å². The Morgan fingerprint density at radius 2 is 1.76 bits per heavy atom. The van der Waals surface area contributed by atoms with Crippen LogP contribution in [0.25, 0.3) is 0 Å². The predicted molar refractivity (Wildman–Crippen MR) is 108 cm³/mol. The van der Waals surface area contributed by atoms with E-state index >= 15 is 0 Å². The molecular formula is C20H23N3O5S. The Balaban J connectivity index is 1.54. The first kappa shape index (κ1) is 20.8. The molecule has 2 amide bonds.